The molecular formula is C28H37BrN2O10. The Morgan fingerprint density at radius 1 is 0.927 bits per heavy atom. The molecule has 0 aliphatic carbocycles. The van der Waals surface area contributed by atoms with Crippen molar-refractivity contribution in [3.8, 4) is 0 Å². The van der Waals surface area contributed by atoms with Gasteiger partial charge < -0.3 is 34.2 Å². The molecule has 1 saturated heterocycles. The van der Waals surface area contributed by atoms with Gasteiger partial charge in [0, 0.05) is 49.9 Å². The minimum atomic E-state index is -1.54. The zero-order valence-electron chi connectivity index (χ0n) is 24.1. The van der Waals surface area contributed by atoms with Crippen molar-refractivity contribution in [1.29, 1.82) is 5.41 Å². The Labute approximate surface area is 247 Å². The van der Waals surface area contributed by atoms with Crippen LogP contribution in [0.4, 0.5) is 0 Å². The molecule has 13 heteroatoms. The summed E-state index contributed by atoms with van der Waals surface area (Å²) in [7, 11) is 0. The molecule has 0 saturated carbocycles. The topological polar surface area (TPSA) is 174 Å². The van der Waals surface area contributed by atoms with E-state index in [4.69, 9.17) is 39.6 Å². The molecule has 3 N–H and O–H groups in total. The summed E-state index contributed by atoms with van der Waals surface area (Å²) in [6, 6.07) is 5.70. The quantitative estimate of drug-likeness (QED) is 0.166. The molecule has 1 aromatic rings. The molecule has 0 radical (unpaired) electrons. The van der Waals surface area contributed by atoms with Gasteiger partial charge in [-0.05, 0) is 36.1 Å². The van der Waals surface area contributed by atoms with E-state index in [1.807, 2.05) is 39.0 Å². The van der Waals surface area contributed by atoms with Crippen LogP contribution in [0.3, 0.4) is 0 Å². The standard InChI is InChI=1S/C28H37BrN2O10/c1-13(2)23(30)21(11-19-8-9-20(29)10-14(19)3)27(31)41-28-26(39-18(7)35)25(38-17(6)34)24(37-16(5)33)22(40-28)12-36-15(4)32/h8-10,13,22,24-26,28,31H,11-12,30H2,1-7H3/b23-21-,31-27?/t22-,24-,25+,26-,28+/m1/s1. The molecule has 12 nitrogen and oxygen atoms in total. The molecule has 5 atom stereocenters. The molecule has 226 valence electrons. The van der Waals surface area contributed by atoms with Crippen LogP contribution < -0.4 is 5.73 Å². The predicted molar refractivity (Wildman–Crippen MR) is 149 cm³/mol. The molecule has 0 aromatic heterocycles. The van der Waals surface area contributed by atoms with Gasteiger partial charge in [0.25, 0.3) is 0 Å². The lowest BCUT2D eigenvalue weighted by Crippen LogP contribution is -2.63. The van der Waals surface area contributed by atoms with Crippen molar-refractivity contribution in [2.75, 3.05) is 6.61 Å². The average Bonchev–Trinajstić information content (AvgIpc) is 2.84. The first-order valence-corrected chi connectivity index (χ1v) is 13.7. The third-order valence-electron chi connectivity index (χ3n) is 6.10. The highest BCUT2D eigenvalue weighted by molar-refractivity contribution is 9.10. The van der Waals surface area contributed by atoms with Crippen LogP contribution in [-0.4, -0.2) is 67.1 Å². The third kappa shape index (κ3) is 9.85. The van der Waals surface area contributed by atoms with Crippen molar-refractivity contribution in [3.63, 3.8) is 0 Å². The molecule has 0 spiro atoms. The zero-order valence-corrected chi connectivity index (χ0v) is 25.7. The van der Waals surface area contributed by atoms with Gasteiger partial charge in [0.05, 0.1) is 0 Å². The highest BCUT2D eigenvalue weighted by atomic mass is 79.9. The van der Waals surface area contributed by atoms with Crippen LogP contribution in [0.5, 0.6) is 0 Å². The van der Waals surface area contributed by atoms with Crippen molar-refractivity contribution in [2.45, 2.75) is 85.6 Å². The van der Waals surface area contributed by atoms with Crippen LogP contribution in [-0.2, 0) is 54.0 Å². The molecular weight excluding hydrogens is 604 g/mol. The summed E-state index contributed by atoms with van der Waals surface area (Å²) in [4.78, 5) is 47.7. The highest BCUT2D eigenvalue weighted by Gasteiger charge is 2.53. The second-order valence-electron chi connectivity index (χ2n) is 9.85. The van der Waals surface area contributed by atoms with E-state index >= 15 is 0 Å². The summed E-state index contributed by atoms with van der Waals surface area (Å²) in [6.45, 7) is 9.78. The van der Waals surface area contributed by atoms with Gasteiger partial charge in [0.2, 0.25) is 18.3 Å². The third-order valence-corrected chi connectivity index (χ3v) is 6.59. The number of hydrogen-bond donors (Lipinski definition) is 2. The van der Waals surface area contributed by atoms with Crippen molar-refractivity contribution in [2.24, 2.45) is 11.7 Å². The highest BCUT2D eigenvalue weighted by Crippen LogP contribution is 2.31. The zero-order chi connectivity index (χ0) is 31.0. The van der Waals surface area contributed by atoms with E-state index in [1.165, 1.54) is 6.92 Å². The number of ether oxygens (including phenoxy) is 6. The van der Waals surface area contributed by atoms with E-state index in [9.17, 15) is 19.2 Å². The molecule has 0 unspecified atom stereocenters. The number of carbonyl (C=O) groups is 4. The van der Waals surface area contributed by atoms with Gasteiger partial charge in [-0.1, -0.05) is 35.8 Å². The minimum Gasteiger partial charge on any atom is -0.463 e. The van der Waals surface area contributed by atoms with E-state index < -0.39 is 61.2 Å². The summed E-state index contributed by atoms with van der Waals surface area (Å²) < 4.78 is 34.1. The molecule has 1 fully saturated rings. The van der Waals surface area contributed by atoms with Crippen LogP contribution in [0.15, 0.2) is 33.9 Å². The Kier molecular flexibility index (Phi) is 12.3. The van der Waals surface area contributed by atoms with Crippen LogP contribution >= 0.6 is 15.9 Å². The second-order valence-corrected chi connectivity index (χ2v) is 10.8. The summed E-state index contributed by atoms with van der Waals surface area (Å²) in [5.74, 6) is -3.48. The van der Waals surface area contributed by atoms with E-state index in [1.54, 1.807) is 0 Å². The van der Waals surface area contributed by atoms with Gasteiger partial charge in [0.15, 0.2) is 12.2 Å². The Morgan fingerprint density at radius 2 is 1.49 bits per heavy atom. The first-order valence-electron chi connectivity index (χ1n) is 12.9. The molecule has 1 aliphatic rings. The lowest BCUT2D eigenvalue weighted by atomic mass is 9.95. The number of hydrogen-bond acceptors (Lipinski definition) is 12. The molecule has 41 heavy (non-hydrogen) atoms. The summed E-state index contributed by atoms with van der Waals surface area (Å²) in [5.41, 5.74) is 9.02. The molecule has 0 bridgehead atoms. The predicted octanol–water partition coefficient (Wildman–Crippen LogP) is 3.25. The lowest BCUT2D eigenvalue weighted by Gasteiger charge is -2.44. The maximum absolute atomic E-state index is 12.1. The smallest absolute Gasteiger partial charge is 0.303 e. The van der Waals surface area contributed by atoms with Crippen molar-refractivity contribution < 1.29 is 47.6 Å². The van der Waals surface area contributed by atoms with E-state index in [0.717, 1.165) is 36.4 Å². The number of benzene rings is 1. The summed E-state index contributed by atoms with van der Waals surface area (Å²) in [6.07, 6.45) is -6.73. The maximum Gasteiger partial charge on any atom is 0.303 e. The first-order chi connectivity index (χ1) is 19.1. The van der Waals surface area contributed by atoms with Gasteiger partial charge in [-0.25, -0.2) is 0 Å². The minimum absolute atomic E-state index is 0.153. The van der Waals surface area contributed by atoms with Crippen molar-refractivity contribution >= 4 is 45.7 Å². The van der Waals surface area contributed by atoms with Gasteiger partial charge in [-0.3, -0.25) is 24.6 Å². The van der Waals surface area contributed by atoms with Gasteiger partial charge in [0.1, 0.15) is 12.7 Å². The van der Waals surface area contributed by atoms with E-state index in [0.29, 0.717) is 11.3 Å². The number of halogens is 1. The number of allylic oxidation sites excluding steroid dienone is 1. The van der Waals surface area contributed by atoms with E-state index in [-0.39, 0.29) is 18.2 Å². The average molecular weight is 642 g/mol. The molecule has 1 aromatic carbocycles. The fourth-order valence-electron chi connectivity index (χ4n) is 4.18. The normalized spacial score (nSPS) is 22.7. The Morgan fingerprint density at radius 3 is 2.00 bits per heavy atom. The number of carbonyl (C=O) groups excluding carboxylic acids is 4. The fourth-order valence-corrected chi connectivity index (χ4v) is 4.66. The second kappa shape index (κ2) is 15.0. The van der Waals surface area contributed by atoms with Crippen molar-refractivity contribution in [3.05, 3.63) is 45.1 Å². The Hall–Kier alpha value is -3.45. The maximum atomic E-state index is 12.1. The summed E-state index contributed by atoms with van der Waals surface area (Å²) in [5, 5.41) is 8.88. The van der Waals surface area contributed by atoms with Crippen LogP contribution in [0.1, 0.15) is 52.7 Å². The van der Waals surface area contributed by atoms with E-state index in [2.05, 4.69) is 15.9 Å². The fraction of sp³-hybridized carbons (Fsp3) is 0.536. The summed E-state index contributed by atoms with van der Waals surface area (Å²) >= 11 is 3.44. The monoisotopic (exact) mass is 640 g/mol. The molecule has 1 heterocycles. The van der Waals surface area contributed by atoms with Crippen LogP contribution in [0.2, 0.25) is 0 Å². The van der Waals surface area contributed by atoms with Crippen LogP contribution in [0.25, 0.3) is 0 Å². The van der Waals surface area contributed by atoms with Crippen LogP contribution in [0, 0.1) is 18.3 Å². The van der Waals surface area contributed by atoms with Gasteiger partial charge >= 0.3 is 23.9 Å². The number of nitrogens with one attached hydrogen (secondary N) is 1. The molecule has 2 rings (SSSR count). The number of rotatable bonds is 10. The number of aryl methyl sites for hydroxylation is 1. The SMILES string of the molecule is CC(=O)OC[C@H]1O[C@@H](OC(=N)/C(Cc2ccc(Br)cc2C)=C(\N)C(C)C)[C@H](OC(C)=O)[C@@H](OC(C)=O)[C@@H]1OC(C)=O. The number of nitrogens with two attached hydrogens (primary N) is 1. The largest absolute Gasteiger partial charge is 0.463 e. The van der Waals surface area contributed by atoms with Crippen molar-refractivity contribution in [1.82, 2.24) is 0 Å². The molecule has 1 aliphatic heterocycles. The molecule has 0 amide bonds. The first kappa shape index (κ1) is 33.8. The Bertz CT molecular complexity index is 1200. The van der Waals surface area contributed by atoms with Gasteiger partial charge in [-0.2, -0.15) is 0 Å². The van der Waals surface area contributed by atoms with Gasteiger partial charge in [-0.15, -0.1) is 0 Å². The lowest BCUT2D eigenvalue weighted by molar-refractivity contribution is -0.291. The Balaban J connectivity index is 2.55. The number of esters is 4.